The first-order chi connectivity index (χ1) is 15.1. The highest BCUT2D eigenvalue weighted by Gasteiger charge is 2.12. The quantitative estimate of drug-likeness (QED) is 0.212. The van der Waals surface area contributed by atoms with Gasteiger partial charge in [0.25, 0.3) is 5.91 Å². The van der Waals surface area contributed by atoms with Crippen LogP contribution in [0.5, 0.6) is 5.75 Å². The zero-order chi connectivity index (χ0) is 21.6. The van der Waals surface area contributed by atoms with Crippen molar-refractivity contribution in [3.63, 3.8) is 0 Å². The van der Waals surface area contributed by atoms with Crippen molar-refractivity contribution in [1.82, 2.24) is 0 Å². The number of anilines is 1. The summed E-state index contributed by atoms with van der Waals surface area (Å²) in [6.07, 6.45) is 2.85. The third kappa shape index (κ3) is 4.69. The van der Waals surface area contributed by atoms with Gasteiger partial charge in [0.1, 0.15) is 17.4 Å². The number of fused-ring (bicyclic) bond motifs is 1. The number of nitrogens with zero attached hydrogens (tertiary/aromatic N) is 1. The molecule has 0 saturated carbocycles. The highest BCUT2D eigenvalue weighted by Crippen LogP contribution is 2.20. The molecule has 31 heavy (non-hydrogen) atoms. The van der Waals surface area contributed by atoms with Crippen molar-refractivity contribution in [2.45, 2.75) is 0 Å². The van der Waals surface area contributed by atoms with Crippen LogP contribution in [-0.4, -0.2) is 11.9 Å². The average Bonchev–Trinajstić information content (AvgIpc) is 3.33. The van der Waals surface area contributed by atoms with E-state index in [2.05, 4.69) is 5.32 Å². The third-order valence-electron chi connectivity index (χ3n) is 4.50. The molecule has 1 aromatic heterocycles. The lowest BCUT2D eigenvalue weighted by molar-refractivity contribution is -0.112. The van der Waals surface area contributed by atoms with Gasteiger partial charge in [-0.15, -0.1) is 0 Å². The Morgan fingerprint density at radius 3 is 2.42 bits per heavy atom. The molecule has 0 radical (unpaired) electrons. The standard InChI is InChI=1S/C25H16N2O4/c26-16-20(24(28)27-21-10-9-18-4-1-2-5-19(18)15-21)14-17-7-11-22(12-8-17)31-25(29)23-6-3-13-30-23/h1-15H,(H,27,28)/b20-14+. The summed E-state index contributed by atoms with van der Waals surface area (Å²) >= 11 is 0. The number of carbonyl (C=O) groups excluding carboxylic acids is 2. The molecule has 3 aromatic carbocycles. The maximum atomic E-state index is 12.5. The van der Waals surface area contributed by atoms with Crippen molar-refractivity contribution >= 4 is 34.4 Å². The third-order valence-corrected chi connectivity index (χ3v) is 4.50. The van der Waals surface area contributed by atoms with Gasteiger partial charge < -0.3 is 14.5 Å². The van der Waals surface area contributed by atoms with E-state index in [0.717, 1.165) is 10.8 Å². The van der Waals surface area contributed by atoms with E-state index in [4.69, 9.17) is 9.15 Å². The number of nitriles is 1. The molecule has 0 bridgehead atoms. The first kappa shape index (κ1) is 19.7. The molecule has 0 saturated heterocycles. The number of esters is 1. The predicted octanol–water partition coefficient (Wildman–Crippen LogP) is 5.20. The van der Waals surface area contributed by atoms with Gasteiger partial charge in [-0.25, -0.2) is 4.79 Å². The minimum atomic E-state index is -0.610. The fourth-order valence-electron chi connectivity index (χ4n) is 2.96. The molecule has 0 aliphatic rings. The Balaban J connectivity index is 1.46. The van der Waals surface area contributed by atoms with Crippen LogP contribution < -0.4 is 10.1 Å². The minimum Gasteiger partial charge on any atom is -0.457 e. The van der Waals surface area contributed by atoms with Gasteiger partial charge in [-0.05, 0) is 58.8 Å². The zero-order valence-electron chi connectivity index (χ0n) is 16.2. The number of amides is 1. The monoisotopic (exact) mass is 408 g/mol. The molecular formula is C25H16N2O4. The van der Waals surface area contributed by atoms with Crippen molar-refractivity contribution in [3.8, 4) is 11.8 Å². The molecular weight excluding hydrogens is 392 g/mol. The van der Waals surface area contributed by atoms with Gasteiger partial charge >= 0.3 is 5.97 Å². The number of rotatable bonds is 5. The van der Waals surface area contributed by atoms with Crippen molar-refractivity contribution < 1.29 is 18.7 Å². The van der Waals surface area contributed by atoms with Gasteiger partial charge in [-0.2, -0.15) is 5.26 Å². The summed E-state index contributed by atoms with van der Waals surface area (Å²) < 4.78 is 10.2. The molecule has 0 unspecified atom stereocenters. The molecule has 0 aliphatic heterocycles. The lowest BCUT2D eigenvalue weighted by Gasteiger charge is -2.06. The summed E-state index contributed by atoms with van der Waals surface area (Å²) in [5, 5.41) is 14.2. The molecule has 0 atom stereocenters. The van der Waals surface area contributed by atoms with Crippen LogP contribution in [0.25, 0.3) is 16.8 Å². The molecule has 4 aromatic rings. The van der Waals surface area contributed by atoms with Crippen LogP contribution in [0.1, 0.15) is 16.1 Å². The van der Waals surface area contributed by atoms with Crippen LogP contribution in [0, 0.1) is 11.3 Å². The number of nitrogens with one attached hydrogen (secondary N) is 1. The molecule has 4 rings (SSSR count). The van der Waals surface area contributed by atoms with Crippen LogP contribution >= 0.6 is 0 Å². The molecule has 1 N–H and O–H groups in total. The second-order valence-corrected chi connectivity index (χ2v) is 6.62. The Morgan fingerprint density at radius 1 is 0.935 bits per heavy atom. The van der Waals surface area contributed by atoms with Crippen LogP contribution in [0.3, 0.4) is 0 Å². The predicted molar refractivity (Wildman–Crippen MR) is 116 cm³/mol. The van der Waals surface area contributed by atoms with Gasteiger partial charge in [0.05, 0.1) is 6.26 Å². The summed E-state index contributed by atoms with van der Waals surface area (Å²) in [6.45, 7) is 0. The van der Waals surface area contributed by atoms with E-state index in [1.54, 1.807) is 36.4 Å². The van der Waals surface area contributed by atoms with E-state index in [-0.39, 0.29) is 11.3 Å². The summed E-state index contributed by atoms with van der Waals surface area (Å²) in [7, 11) is 0. The van der Waals surface area contributed by atoms with E-state index in [1.807, 2.05) is 42.5 Å². The number of carbonyl (C=O) groups is 2. The summed E-state index contributed by atoms with van der Waals surface area (Å²) in [4.78, 5) is 24.5. The van der Waals surface area contributed by atoms with Crippen LogP contribution in [0.15, 0.2) is 95.1 Å². The Kier molecular flexibility index (Phi) is 5.59. The van der Waals surface area contributed by atoms with Gasteiger partial charge in [0.15, 0.2) is 0 Å². The van der Waals surface area contributed by atoms with E-state index >= 15 is 0 Å². The molecule has 6 nitrogen and oxygen atoms in total. The Labute approximate surface area is 178 Å². The highest BCUT2D eigenvalue weighted by molar-refractivity contribution is 6.10. The molecule has 1 heterocycles. The lowest BCUT2D eigenvalue weighted by Crippen LogP contribution is -2.13. The number of benzene rings is 3. The van der Waals surface area contributed by atoms with Gasteiger partial charge in [-0.3, -0.25) is 4.79 Å². The van der Waals surface area contributed by atoms with Gasteiger partial charge in [0, 0.05) is 5.69 Å². The van der Waals surface area contributed by atoms with Gasteiger partial charge in [-0.1, -0.05) is 42.5 Å². The number of hydrogen-bond acceptors (Lipinski definition) is 5. The molecule has 1 amide bonds. The lowest BCUT2D eigenvalue weighted by atomic mass is 10.1. The molecule has 150 valence electrons. The van der Waals surface area contributed by atoms with E-state index in [0.29, 0.717) is 17.0 Å². The van der Waals surface area contributed by atoms with Crippen LogP contribution in [-0.2, 0) is 4.79 Å². The first-order valence-corrected chi connectivity index (χ1v) is 9.40. The van der Waals surface area contributed by atoms with Crippen LogP contribution in [0.2, 0.25) is 0 Å². The van der Waals surface area contributed by atoms with Gasteiger partial charge in [0.2, 0.25) is 5.76 Å². The van der Waals surface area contributed by atoms with E-state index < -0.39 is 11.9 Å². The van der Waals surface area contributed by atoms with E-state index in [1.165, 1.54) is 18.4 Å². The minimum absolute atomic E-state index is 0.0477. The molecule has 6 heteroatoms. The smallest absolute Gasteiger partial charge is 0.379 e. The van der Waals surface area contributed by atoms with Crippen molar-refractivity contribution in [2.24, 2.45) is 0 Å². The first-order valence-electron chi connectivity index (χ1n) is 9.40. The SMILES string of the molecule is N#C/C(=C\c1ccc(OC(=O)c2ccco2)cc1)C(=O)Nc1ccc2ccccc2c1. The largest absolute Gasteiger partial charge is 0.457 e. The van der Waals surface area contributed by atoms with Crippen molar-refractivity contribution in [3.05, 3.63) is 102 Å². The topological polar surface area (TPSA) is 92.3 Å². The maximum Gasteiger partial charge on any atom is 0.379 e. The normalized spacial score (nSPS) is 11.0. The summed E-state index contributed by atoms with van der Waals surface area (Å²) in [5.41, 5.74) is 1.17. The average molecular weight is 408 g/mol. The summed E-state index contributed by atoms with van der Waals surface area (Å²) in [5.74, 6) is -0.703. The highest BCUT2D eigenvalue weighted by atomic mass is 16.5. The number of furan rings is 1. The fourth-order valence-corrected chi connectivity index (χ4v) is 2.96. The molecule has 0 fully saturated rings. The Bertz CT molecular complexity index is 1310. The zero-order valence-corrected chi connectivity index (χ0v) is 16.2. The maximum absolute atomic E-state index is 12.5. The number of ether oxygens (including phenoxy) is 1. The van der Waals surface area contributed by atoms with Crippen molar-refractivity contribution in [2.75, 3.05) is 5.32 Å². The van der Waals surface area contributed by atoms with E-state index in [9.17, 15) is 14.9 Å². The Morgan fingerprint density at radius 2 is 1.71 bits per heavy atom. The molecule has 0 spiro atoms. The summed E-state index contributed by atoms with van der Waals surface area (Å²) in [6, 6.07) is 24.8. The molecule has 0 aliphatic carbocycles. The van der Waals surface area contributed by atoms with Crippen LogP contribution in [0.4, 0.5) is 5.69 Å². The number of hydrogen-bond donors (Lipinski definition) is 1. The fraction of sp³-hybridized carbons (Fsp3) is 0. The second-order valence-electron chi connectivity index (χ2n) is 6.62. The van der Waals surface area contributed by atoms with Crippen molar-refractivity contribution in [1.29, 1.82) is 5.26 Å². The second kappa shape index (κ2) is 8.80. The Hall–Kier alpha value is -4.63.